The summed E-state index contributed by atoms with van der Waals surface area (Å²) in [7, 11) is -3.00. The van der Waals surface area contributed by atoms with Crippen molar-refractivity contribution in [3.05, 3.63) is 93.5 Å². The van der Waals surface area contributed by atoms with Crippen LogP contribution in [0.3, 0.4) is 0 Å². The molecule has 30 heavy (non-hydrogen) atoms. The molecule has 9 heteroatoms. The number of anilines is 1. The zero-order valence-corrected chi connectivity index (χ0v) is 17.9. The van der Waals surface area contributed by atoms with Gasteiger partial charge in [-0.1, -0.05) is 53.5 Å². The summed E-state index contributed by atoms with van der Waals surface area (Å²) in [6.45, 7) is 0. The standard InChI is InChI=1S/C21H15Cl2NO5S/c1-29-21(26)16-12-15(8-9-18(16)23)30(27,28)24-19-10-7-14(22)11-17(19)20(25)13-5-3-2-4-6-13/h2-12,24H,1H3. The highest BCUT2D eigenvalue weighted by Gasteiger charge is 2.22. The topological polar surface area (TPSA) is 89.5 Å². The van der Waals surface area contributed by atoms with Gasteiger partial charge >= 0.3 is 5.97 Å². The number of esters is 1. The van der Waals surface area contributed by atoms with Gasteiger partial charge in [0, 0.05) is 16.1 Å². The number of methoxy groups -OCH3 is 1. The summed E-state index contributed by atoms with van der Waals surface area (Å²) >= 11 is 12.0. The van der Waals surface area contributed by atoms with Crippen LogP contribution in [0.2, 0.25) is 10.0 Å². The predicted octanol–water partition coefficient (Wildman–Crippen LogP) is 4.81. The lowest BCUT2D eigenvalue weighted by molar-refractivity contribution is 0.0600. The number of hydrogen-bond acceptors (Lipinski definition) is 5. The van der Waals surface area contributed by atoms with Gasteiger partial charge in [-0.25, -0.2) is 13.2 Å². The largest absolute Gasteiger partial charge is 0.465 e. The smallest absolute Gasteiger partial charge is 0.339 e. The maximum absolute atomic E-state index is 12.9. The number of carbonyl (C=O) groups is 2. The Morgan fingerprint density at radius 3 is 2.27 bits per heavy atom. The monoisotopic (exact) mass is 463 g/mol. The third-order valence-corrected chi connectivity index (χ3v) is 6.09. The van der Waals surface area contributed by atoms with Crippen molar-refractivity contribution < 1.29 is 22.7 Å². The van der Waals surface area contributed by atoms with Crippen molar-refractivity contribution in [2.45, 2.75) is 4.90 Å². The second kappa shape index (κ2) is 8.87. The summed E-state index contributed by atoms with van der Waals surface area (Å²) in [6.07, 6.45) is 0. The van der Waals surface area contributed by atoms with Crippen LogP contribution in [0.5, 0.6) is 0 Å². The highest BCUT2D eigenvalue weighted by Crippen LogP contribution is 2.27. The Labute approximate surface area is 183 Å². The fourth-order valence-electron chi connectivity index (χ4n) is 2.68. The van der Waals surface area contributed by atoms with Gasteiger partial charge in [-0.05, 0) is 36.4 Å². The zero-order valence-electron chi connectivity index (χ0n) is 15.6. The molecule has 1 N–H and O–H groups in total. The van der Waals surface area contributed by atoms with Crippen LogP contribution in [-0.2, 0) is 14.8 Å². The van der Waals surface area contributed by atoms with E-state index in [-0.39, 0.29) is 31.8 Å². The summed E-state index contributed by atoms with van der Waals surface area (Å²) in [5.74, 6) is -1.18. The summed E-state index contributed by atoms with van der Waals surface area (Å²) < 4.78 is 32.8. The second-order valence-electron chi connectivity index (χ2n) is 6.12. The number of rotatable bonds is 6. The van der Waals surface area contributed by atoms with E-state index in [2.05, 4.69) is 9.46 Å². The molecule has 0 saturated heterocycles. The molecule has 0 unspecified atom stereocenters. The van der Waals surface area contributed by atoms with E-state index < -0.39 is 21.8 Å². The van der Waals surface area contributed by atoms with Crippen molar-refractivity contribution in [3.63, 3.8) is 0 Å². The minimum Gasteiger partial charge on any atom is -0.465 e. The molecule has 0 spiro atoms. The molecule has 0 fully saturated rings. The van der Waals surface area contributed by atoms with Crippen molar-refractivity contribution in [1.29, 1.82) is 0 Å². The van der Waals surface area contributed by atoms with Crippen molar-refractivity contribution in [2.75, 3.05) is 11.8 Å². The van der Waals surface area contributed by atoms with E-state index in [9.17, 15) is 18.0 Å². The number of halogens is 2. The molecular weight excluding hydrogens is 449 g/mol. The number of ether oxygens (including phenoxy) is 1. The quantitative estimate of drug-likeness (QED) is 0.418. The Bertz CT molecular complexity index is 1230. The number of ketones is 1. The van der Waals surface area contributed by atoms with Crippen LogP contribution in [0.15, 0.2) is 71.6 Å². The molecule has 0 aromatic heterocycles. The molecule has 0 aliphatic heterocycles. The van der Waals surface area contributed by atoms with Crippen molar-refractivity contribution >= 4 is 50.7 Å². The first kappa shape index (κ1) is 21.8. The van der Waals surface area contributed by atoms with E-state index in [1.807, 2.05) is 0 Å². The molecule has 0 radical (unpaired) electrons. The Balaban J connectivity index is 2.02. The first-order chi connectivity index (χ1) is 14.2. The Morgan fingerprint density at radius 2 is 1.60 bits per heavy atom. The average molecular weight is 464 g/mol. The minimum atomic E-state index is -4.16. The maximum atomic E-state index is 12.9. The van der Waals surface area contributed by atoms with Crippen LogP contribution in [0.25, 0.3) is 0 Å². The van der Waals surface area contributed by atoms with Gasteiger partial charge < -0.3 is 4.74 Å². The van der Waals surface area contributed by atoms with E-state index in [0.717, 1.165) is 13.2 Å². The molecule has 3 rings (SSSR count). The molecule has 0 saturated carbocycles. The molecule has 0 amide bonds. The SMILES string of the molecule is COC(=O)c1cc(S(=O)(=O)Nc2ccc(Cl)cc2C(=O)c2ccccc2)ccc1Cl. The van der Waals surface area contributed by atoms with Crippen LogP contribution in [0.4, 0.5) is 5.69 Å². The van der Waals surface area contributed by atoms with Crippen LogP contribution in [0.1, 0.15) is 26.3 Å². The van der Waals surface area contributed by atoms with Crippen LogP contribution >= 0.6 is 23.2 Å². The number of nitrogens with one attached hydrogen (secondary N) is 1. The lowest BCUT2D eigenvalue weighted by Gasteiger charge is -2.13. The van der Waals surface area contributed by atoms with Gasteiger partial charge in [0.1, 0.15) is 0 Å². The third kappa shape index (κ3) is 4.64. The Morgan fingerprint density at radius 1 is 0.900 bits per heavy atom. The lowest BCUT2D eigenvalue weighted by Crippen LogP contribution is -2.17. The minimum absolute atomic E-state index is 0.0443. The first-order valence-electron chi connectivity index (χ1n) is 8.53. The van der Waals surface area contributed by atoms with Gasteiger partial charge in [-0.2, -0.15) is 0 Å². The van der Waals surface area contributed by atoms with E-state index in [4.69, 9.17) is 23.2 Å². The molecule has 0 heterocycles. The molecule has 6 nitrogen and oxygen atoms in total. The Kier molecular flexibility index (Phi) is 6.45. The number of hydrogen-bond donors (Lipinski definition) is 1. The normalized spacial score (nSPS) is 11.0. The summed E-state index contributed by atoms with van der Waals surface area (Å²) in [5.41, 5.74) is 0.403. The van der Waals surface area contributed by atoms with Gasteiger partial charge in [0.15, 0.2) is 5.78 Å². The van der Waals surface area contributed by atoms with Gasteiger partial charge in [0.2, 0.25) is 0 Å². The van der Waals surface area contributed by atoms with E-state index in [1.54, 1.807) is 30.3 Å². The Hall–Kier alpha value is -2.87. The van der Waals surface area contributed by atoms with Crippen LogP contribution in [-0.4, -0.2) is 27.3 Å². The number of benzene rings is 3. The molecule has 3 aromatic carbocycles. The molecule has 3 aromatic rings. The molecule has 0 aliphatic carbocycles. The number of carbonyl (C=O) groups excluding carboxylic acids is 2. The molecule has 154 valence electrons. The van der Waals surface area contributed by atoms with E-state index >= 15 is 0 Å². The van der Waals surface area contributed by atoms with Crippen molar-refractivity contribution in [3.8, 4) is 0 Å². The predicted molar refractivity (Wildman–Crippen MR) is 115 cm³/mol. The first-order valence-corrected chi connectivity index (χ1v) is 10.8. The van der Waals surface area contributed by atoms with E-state index in [0.29, 0.717) is 5.56 Å². The highest BCUT2D eigenvalue weighted by molar-refractivity contribution is 7.92. The van der Waals surface area contributed by atoms with Gasteiger partial charge in [0.25, 0.3) is 10.0 Å². The molecule has 0 bridgehead atoms. The van der Waals surface area contributed by atoms with Gasteiger partial charge in [-0.3, -0.25) is 9.52 Å². The third-order valence-electron chi connectivity index (χ3n) is 4.16. The summed E-state index contributed by atoms with van der Waals surface area (Å²) in [4.78, 5) is 24.5. The van der Waals surface area contributed by atoms with Crippen LogP contribution < -0.4 is 4.72 Å². The average Bonchev–Trinajstić information content (AvgIpc) is 2.74. The lowest BCUT2D eigenvalue weighted by atomic mass is 10.0. The van der Waals surface area contributed by atoms with Crippen molar-refractivity contribution in [2.24, 2.45) is 0 Å². The fourth-order valence-corrected chi connectivity index (χ4v) is 4.15. The molecule has 0 aliphatic rings. The van der Waals surface area contributed by atoms with E-state index in [1.165, 1.54) is 30.3 Å². The summed E-state index contributed by atoms with van der Waals surface area (Å²) in [5, 5.41) is 0.323. The number of sulfonamides is 1. The summed E-state index contributed by atoms with van der Waals surface area (Å²) in [6, 6.07) is 16.3. The highest BCUT2D eigenvalue weighted by atomic mass is 35.5. The zero-order chi connectivity index (χ0) is 21.9. The van der Waals surface area contributed by atoms with Crippen LogP contribution in [0, 0.1) is 0 Å². The molecule has 0 atom stereocenters. The maximum Gasteiger partial charge on any atom is 0.339 e. The second-order valence-corrected chi connectivity index (χ2v) is 8.65. The fraction of sp³-hybridized carbons (Fsp3) is 0.0476. The molecular formula is C21H15Cl2NO5S. The van der Waals surface area contributed by atoms with Gasteiger partial charge in [-0.15, -0.1) is 0 Å². The van der Waals surface area contributed by atoms with Gasteiger partial charge in [0.05, 0.1) is 28.3 Å². The van der Waals surface area contributed by atoms with Crippen molar-refractivity contribution in [1.82, 2.24) is 0 Å².